The minimum atomic E-state index is -0.407. The fourth-order valence-electron chi connectivity index (χ4n) is 2.00. The number of ether oxygens (including phenoxy) is 1. The van der Waals surface area contributed by atoms with E-state index in [0.717, 1.165) is 18.8 Å². The molecule has 0 unspecified atom stereocenters. The smallest absolute Gasteiger partial charge is 0.327 e. The highest BCUT2D eigenvalue weighted by Crippen LogP contribution is 2.31. The van der Waals surface area contributed by atoms with Crippen molar-refractivity contribution in [3.8, 4) is 0 Å². The third kappa shape index (κ3) is 1.72. The van der Waals surface area contributed by atoms with Crippen molar-refractivity contribution in [2.45, 2.75) is 25.8 Å². The molecule has 0 bridgehead atoms. The predicted molar refractivity (Wildman–Crippen MR) is 44.9 cm³/mol. The molecule has 0 radical (unpaired) electrons. The van der Waals surface area contributed by atoms with E-state index in [2.05, 4.69) is 11.7 Å². The van der Waals surface area contributed by atoms with E-state index in [0.29, 0.717) is 6.04 Å². The van der Waals surface area contributed by atoms with Crippen LogP contribution >= 0.6 is 0 Å². The molecule has 0 N–H and O–H groups in total. The van der Waals surface area contributed by atoms with Gasteiger partial charge in [-0.1, -0.05) is 6.92 Å². The maximum atomic E-state index is 10.9. The molecule has 0 amide bonds. The Labute approximate surface area is 76.8 Å². The van der Waals surface area contributed by atoms with E-state index in [1.54, 1.807) is 0 Å². The highest BCUT2D eigenvalue weighted by Gasteiger charge is 2.36. The van der Waals surface area contributed by atoms with Gasteiger partial charge in [0.1, 0.15) is 0 Å². The fourth-order valence-corrected chi connectivity index (χ4v) is 2.00. The number of morpholine rings is 1. The summed E-state index contributed by atoms with van der Waals surface area (Å²) in [4.78, 5) is 23.8. The van der Waals surface area contributed by atoms with Crippen molar-refractivity contribution >= 4 is 11.9 Å². The van der Waals surface area contributed by atoms with Crippen LogP contribution in [0.5, 0.6) is 0 Å². The summed E-state index contributed by atoms with van der Waals surface area (Å²) in [5.41, 5.74) is 0. The number of cyclic esters (lactones) is 2. The van der Waals surface area contributed by atoms with Gasteiger partial charge in [-0.15, -0.1) is 0 Å². The van der Waals surface area contributed by atoms with Crippen molar-refractivity contribution in [3.05, 3.63) is 0 Å². The number of hydrogen-bond acceptors (Lipinski definition) is 4. The summed E-state index contributed by atoms with van der Waals surface area (Å²) in [6, 6.07) is 0.423. The van der Waals surface area contributed by atoms with Crippen molar-refractivity contribution < 1.29 is 14.3 Å². The maximum Gasteiger partial charge on any atom is 0.327 e. The van der Waals surface area contributed by atoms with Crippen LogP contribution in [0.25, 0.3) is 0 Å². The molecule has 2 fully saturated rings. The summed E-state index contributed by atoms with van der Waals surface area (Å²) < 4.78 is 4.44. The van der Waals surface area contributed by atoms with E-state index >= 15 is 0 Å². The molecule has 13 heavy (non-hydrogen) atoms. The summed E-state index contributed by atoms with van der Waals surface area (Å²) in [7, 11) is 0. The Morgan fingerprint density at radius 2 is 1.77 bits per heavy atom. The Bertz CT molecular complexity index is 229. The first kappa shape index (κ1) is 8.69. The zero-order valence-electron chi connectivity index (χ0n) is 7.66. The standard InChI is InChI=1S/C9H13NO3/c1-6-2-7(3-6)10-4-8(11)13-9(12)5-10/h6-7H,2-5H2,1H3. The molecule has 0 aromatic heterocycles. The SMILES string of the molecule is CC1CC(N2CC(=O)OC(=O)C2)C1. The zero-order chi connectivity index (χ0) is 9.42. The molecular formula is C9H13NO3. The van der Waals surface area contributed by atoms with E-state index in [1.807, 2.05) is 4.90 Å². The number of nitrogens with zero attached hydrogens (tertiary/aromatic N) is 1. The minimum Gasteiger partial charge on any atom is -0.391 e. The predicted octanol–water partition coefficient (Wildman–Crippen LogP) is 0.170. The fraction of sp³-hybridized carbons (Fsp3) is 0.778. The molecule has 4 heteroatoms. The van der Waals surface area contributed by atoms with E-state index in [-0.39, 0.29) is 13.1 Å². The second-order valence-electron chi connectivity index (χ2n) is 3.98. The van der Waals surface area contributed by atoms with Crippen molar-refractivity contribution in [2.75, 3.05) is 13.1 Å². The van der Waals surface area contributed by atoms with Gasteiger partial charge in [-0.25, -0.2) is 0 Å². The lowest BCUT2D eigenvalue weighted by molar-refractivity contribution is -0.169. The largest absolute Gasteiger partial charge is 0.391 e. The Morgan fingerprint density at radius 3 is 2.23 bits per heavy atom. The van der Waals surface area contributed by atoms with Crippen LogP contribution in [0.4, 0.5) is 0 Å². The second-order valence-corrected chi connectivity index (χ2v) is 3.98. The van der Waals surface area contributed by atoms with Crippen LogP contribution in [0.2, 0.25) is 0 Å². The summed E-state index contributed by atoms with van der Waals surface area (Å²) in [5, 5.41) is 0. The zero-order valence-corrected chi connectivity index (χ0v) is 7.66. The van der Waals surface area contributed by atoms with Gasteiger partial charge in [0.25, 0.3) is 0 Å². The van der Waals surface area contributed by atoms with Crippen LogP contribution in [0.15, 0.2) is 0 Å². The molecule has 0 aromatic rings. The molecule has 4 nitrogen and oxygen atoms in total. The molecule has 2 aliphatic rings. The first-order valence-electron chi connectivity index (χ1n) is 4.62. The third-order valence-electron chi connectivity index (χ3n) is 2.76. The molecule has 1 aliphatic heterocycles. The van der Waals surface area contributed by atoms with E-state index < -0.39 is 11.9 Å². The van der Waals surface area contributed by atoms with Crippen LogP contribution in [0, 0.1) is 5.92 Å². The summed E-state index contributed by atoms with van der Waals surface area (Å²) in [6.45, 7) is 2.74. The molecule has 1 saturated carbocycles. The normalized spacial score (nSPS) is 35.5. The summed E-state index contributed by atoms with van der Waals surface area (Å²) in [5.74, 6) is -0.0790. The van der Waals surface area contributed by atoms with Gasteiger partial charge < -0.3 is 4.74 Å². The van der Waals surface area contributed by atoms with Crippen molar-refractivity contribution in [2.24, 2.45) is 5.92 Å². The molecule has 1 aliphatic carbocycles. The Balaban J connectivity index is 1.92. The lowest BCUT2D eigenvalue weighted by Gasteiger charge is -2.41. The average Bonchev–Trinajstić information content (AvgIpc) is 1.96. The Kier molecular flexibility index (Phi) is 2.07. The number of carbonyl (C=O) groups excluding carboxylic acids is 2. The first-order chi connectivity index (χ1) is 6.15. The minimum absolute atomic E-state index is 0.281. The average molecular weight is 183 g/mol. The number of esters is 2. The Morgan fingerprint density at radius 1 is 1.23 bits per heavy atom. The summed E-state index contributed by atoms with van der Waals surface area (Å²) in [6.07, 6.45) is 2.20. The van der Waals surface area contributed by atoms with E-state index in [1.165, 1.54) is 0 Å². The van der Waals surface area contributed by atoms with Crippen LogP contribution in [-0.2, 0) is 14.3 Å². The molecule has 0 spiro atoms. The molecule has 0 aromatic carbocycles. The topological polar surface area (TPSA) is 46.6 Å². The van der Waals surface area contributed by atoms with E-state index in [4.69, 9.17) is 0 Å². The molecule has 2 rings (SSSR count). The summed E-state index contributed by atoms with van der Waals surface area (Å²) >= 11 is 0. The Hall–Kier alpha value is -0.900. The molecule has 72 valence electrons. The van der Waals surface area contributed by atoms with Gasteiger partial charge in [-0.05, 0) is 18.8 Å². The van der Waals surface area contributed by atoms with Gasteiger partial charge >= 0.3 is 11.9 Å². The number of rotatable bonds is 1. The highest BCUT2D eigenvalue weighted by atomic mass is 16.6. The molecular weight excluding hydrogens is 170 g/mol. The second kappa shape index (κ2) is 3.10. The molecule has 0 atom stereocenters. The van der Waals surface area contributed by atoms with Gasteiger partial charge in [0.05, 0.1) is 13.1 Å². The lowest BCUT2D eigenvalue weighted by atomic mass is 9.80. The van der Waals surface area contributed by atoms with Gasteiger partial charge in [0.2, 0.25) is 0 Å². The van der Waals surface area contributed by atoms with Crippen LogP contribution in [0.1, 0.15) is 19.8 Å². The lowest BCUT2D eigenvalue weighted by Crippen LogP contribution is -2.52. The van der Waals surface area contributed by atoms with Gasteiger partial charge in [-0.2, -0.15) is 0 Å². The van der Waals surface area contributed by atoms with Gasteiger partial charge in [-0.3, -0.25) is 14.5 Å². The van der Waals surface area contributed by atoms with Crippen LogP contribution in [0.3, 0.4) is 0 Å². The van der Waals surface area contributed by atoms with Crippen molar-refractivity contribution in [3.63, 3.8) is 0 Å². The molecule has 1 heterocycles. The maximum absolute atomic E-state index is 10.9. The van der Waals surface area contributed by atoms with Gasteiger partial charge in [0, 0.05) is 6.04 Å². The van der Waals surface area contributed by atoms with Crippen LogP contribution in [-0.4, -0.2) is 36.0 Å². The number of hydrogen-bond donors (Lipinski definition) is 0. The quantitative estimate of drug-likeness (QED) is 0.429. The highest BCUT2D eigenvalue weighted by molar-refractivity contribution is 5.90. The van der Waals surface area contributed by atoms with Crippen LogP contribution < -0.4 is 0 Å². The third-order valence-corrected chi connectivity index (χ3v) is 2.76. The van der Waals surface area contributed by atoms with E-state index in [9.17, 15) is 9.59 Å². The van der Waals surface area contributed by atoms with Gasteiger partial charge in [0.15, 0.2) is 0 Å². The first-order valence-corrected chi connectivity index (χ1v) is 4.62. The molecule has 1 saturated heterocycles. The number of carbonyl (C=O) groups is 2. The van der Waals surface area contributed by atoms with Crippen molar-refractivity contribution in [1.29, 1.82) is 0 Å². The van der Waals surface area contributed by atoms with Crippen molar-refractivity contribution in [1.82, 2.24) is 4.90 Å². The monoisotopic (exact) mass is 183 g/mol.